The van der Waals surface area contributed by atoms with Gasteiger partial charge < -0.3 is 14.5 Å². The second-order valence-electron chi connectivity index (χ2n) is 7.58. The maximum Gasteiger partial charge on any atom is 0.0518 e. The standard InChI is InChI=1S/C21H35N3O/c1-3-5-14-25-18-20-16-23(17-20)15-19-6-8-21(9-7-19)24-12-10-22(4-2)11-13-24/h6-9,20H,3-5,10-18H2,1-2H3. The summed E-state index contributed by atoms with van der Waals surface area (Å²) in [5, 5.41) is 0. The number of likely N-dealkylation sites (N-methyl/N-ethyl adjacent to an activating group) is 1. The predicted molar refractivity (Wildman–Crippen MR) is 105 cm³/mol. The van der Waals surface area contributed by atoms with Crippen molar-refractivity contribution in [3.63, 3.8) is 0 Å². The Kier molecular flexibility index (Phi) is 7.14. The van der Waals surface area contributed by atoms with Gasteiger partial charge in [0.05, 0.1) is 6.61 Å². The first kappa shape index (κ1) is 18.7. The molecular formula is C21H35N3O. The van der Waals surface area contributed by atoms with Crippen molar-refractivity contribution in [3.05, 3.63) is 29.8 Å². The van der Waals surface area contributed by atoms with E-state index in [9.17, 15) is 0 Å². The molecule has 0 bridgehead atoms. The van der Waals surface area contributed by atoms with Gasteiger partial charge in [-0.3, -0.25) is 4.90 Å². The number of likely N-dealkylation sites (tertiary alicyclic amines) is 1. The summed E-state index contributed by atoms with van der Waals surface area (Å²) in [5.74, 6) is 0.742. The molecule has 2 fully saturated rings. The van der Waals surface area contributed by atoms with Gasteiger partial charge in [0.15, 0.2) is 0 Å². The van der Waals surface area contributed by atoms with Crippen molar-refractivity contribution in [1.29, 1.82) is 0 Å². The highest BCUT2D eigenvalue weighted by Crippen LogP contribution is 2.22. The van der Waals surface area contributed by atoms with Gasteiger partial charge in [0.2, 0.25) is 0 Å². The van der Waals surface area contributed by atoms with Gasteiger partial charge in [0, 0.05) is 64.0 Å². The Labute approximate surface area is 153 Å². The molecule has 0 atom stereocenters. The lowest BCUT2D eigenvalue weighted by molar-refractivity contribution is 0.00986. The zero-order valence-corrected chi connectivity index (χ0v) is 16.1. The van der Waals surface area contributed by atoms with Crippen molar-refractivity contribution in [3.8, 4) is 0 Å². The van der Waals surface area contributed by atoms with Crippen LogP contribution in [0.3, 0.4) is 0 Å². The topological polar surface area (TPSA) is 19.0 Å². The van der Waals surface area contributed by atoms with E-state index in [1.54, 1.807) is 0 Å². The number of hydrogen-bond acceptors (Lipinski definition) is 4. The van der Waals surface area contributed by atoms with E-state index in [-0.39, 0.29) is 0 Å². The van der Waals surface area contributed by atoms with E-state index < -0.39 is 0 Å². The second kappa shape index (κ2) is 9.56. The van der Waals surface area contributed by atoms with Crippen LogP contribution in [0.5, 0.6) is 0 Å². The van der Waals surface area contributed by atoms with Crippen LogP contribution in [0.25, 0.3) is 0 Å². The summed E-state index contributed by atoms with van der Waals surface area (Å²) < 4.78 is 5.74. The zero-order valence-electron chi connectivity index (χ0n) is 16.1. The molecule has 2 heterocycles. The number of piperazine rings is 1. The summed E-state index contributed by atoms with van der Waals surface area (Å²) in [4.78, 5) is 7.57. The fraction of sp³-hybridized carbons (Fsp3) is 0.714. The molecule has 3 rings (SSSR count). The van der Waals surface area contributed by atoms with Crippen molar-refractivity contribution in [2.45, 2.75) is 33.2 Å². The van der Waals surface area contributed by atoms with Gasteiger partial charge >= 0.3 is 0 Å². The largest absolute Gasteiger partial charge is 0.381 e. The maximum atomic E-state index is 5.74. The molecule has 1 aromatic carbocycles. The molecular weight excluding hydrogens is 310 g/mol. The summed E-state index contributed by atoms with van der Waals surface area (Å²) in [6.45, 7) is 15.6. The van der Waals surface area contributed by atoms with E-state index in [1.807, 2.05) is 0 Å². The highest BCUT2D eigenvalue weighted by atomic mass is 16.5. The minimum absolute atomic E-state index is 0.742. The van der Waals surface area contributed by atoms with Gasteiger partial charge in [-0.2, -0.15) is 0 Å². The van der Waals surface area contributed by atoms with Gasteiger partial charge in [0.25, 0.3) is 0 Å². The van der Waals surface area contributed by atoms with E-state index in [4.69, 9.17) is 4.74 Å². The van der Waals surface area contributed by atoms with Crippen LogP contribution >= 0.6 is 0 Å². The molecule has 0 radical (unpaired) electrons. The Morgan fingerprint density at radius 2 is 1.68 bits per heavy atom. The molecule has 0 aliphatic carbocycles. The van der Waals surface area contributed by atoms with E-state index in [2.05, 4.69) is 52.8 Å². The van der Waals surface area contributed by atoms with Crippen LogP contribution in [0.2, 0.25) is 0 Å². The second-order valence-corrected chi connectivity index (χ2v) is 7.58. The lowest BCUT2D eigenvalue weighted by atomic mass is 10.00. The molecule has 0 spiro atoms. The van der Waals surface area contributed by atoms with Gasteiger partial charge in [0.1, 0.15) is 0 Å². The van der Waals surface area contributed by atoms with Gasteiger partial charge in [-0.1, -0.05) is 32.4 Å². The molecule has 2 aliphatic rings. The number of anilines is 1. The lowest BCUT2D eigenvalue weighted by Gasteiger charge is -2.39. The van der Waals surface area contributed by atoms with Crippen molar-refractivity contribution >= 4 is 5.69 Å². The quantitative estimate of drug-likeness (QED) is 0.640. The Balaban J connectivity index is 1.36. The molecule has 0 unspecified atom stereocenters. The zero-order chi connectivity index (χ0) is 17.5. The smallest absolute Gasteiger partial charge is 0.0518 e. The normalized spacial score (nSPS) is 20.0. The molecule has 4 heteroatoms. The van der Waals surface area contributed by atoms with E-state index in [0.717, 1.165) is 38.8 Å². The molecule has 0 amide bonds. The van der Waals surface area contributed by atoms with Crippen molar-refractivity contribution < 1.29 is 4.74 Å². The molecule has 2 aliphatic heterocycles. The Bertz CT molecular complexity index is 490. The van der Waals surface area contributed by atoms with Crippen LogP contribution in [-0.4, -0.2) is 68.8 Å². The summed E-state index contributed by atoms with van der Waals surface area (Å²) in [6.07, 6.45) is 2.41. The highest BCUT2D eigenvalue weighted by Gasteiger charge is 2.26. The SMILES string of the molecule is CCCCOCC1CN(Cc2ccc(N3CCN(CC)CC3)cc2)C1. The summed E-state index contributed by atoms with van der Waals surface area (Å²) >= 11 is 0. The average molecular weight is 346 g/mol. The molecule has 4 nitrogen and oxygen atoms in total. The van der Waals surface area contributed by atoms with E-state index >= 15 is 0 Å². The summed E-state index contributed by atoms with van der Waals surface area (Å²) in [5.41, 5.74) is 2.81. The first-order valence-corrected chi connectivity index (χ1v) is 10.1. The molecule has 25 heavy (non-hydrogen) atoms. The first-order chi connectivity index (χ1) is 12.3. The average Bonchev–Trinajstić information content (AvgIpc) is 2.63. The third kappa shape index (κ3) is 5.44. The number of benzene rings is 1. The third-order valence-corrected chi connectivity index (χ3v) is 5.56. The number of hydrogen-bond donors (Lipinski definition) is 0. The highest BCUT2D eigenvalue weighted by molar-refractivity contribution is 5.48. The Hall–Kier alpha value is -1.10. The van der Waals surface area contributed by atoms with Crippen LogP contribution in [0.15, 0.2) is 24.3 Å². The number of rotatable bonds is 9. The molecule has 1 aromatic rings. The number of nitrogens with zero attached hydrogens (tertiary/aromatic N) is 3. The predicted octanol–water partition coefficient (Wildman–Crippen LogP) is 3.08. The first-order valence-electron chi connectivity index (χ1n) is 10.1. The molecule has 2 saturated heterocycles. The Morgan fingerprint density at radius 3 is 2.32 bits per heavy atom. The summed E-state index contributed by atoms with van der Waals surface area (Å²) in [7, 11) is 0. The fourth-order valence-corrected chi connectivity index (χ4v) is 3.80. The van der Waals surface area contributed by atoms with Crippen LogP contribution in [0.1, 0.15) is 32.3 Å². The number of unbranched alkanes of at least 4 members (excludes halogenated alkanes) is 1. The lowest BCUT2D eigenvalue weighted by Crippen LogP contribution is -2.48. The van der Waals surface area contributed by atoms with Crippen LogP contribution in [-0.2, 0) is 11.3 Å². The van der Waals surface area contributed by atoms with Crippen molar-refractivity contribution in [1.82, 2.24) is 9.80 Å². The maximum absolute atomic E-state index is 5.74. The molecule has 0 N–H and O–H groups in total. The van der Waals surface area contributed by atoms with E-state index in [1.165, 1.54) is 56.8 Å². The Morgan fingerprint density at radius 1 is 0.960 bits per heavy atom. The minimum atomic E-state index is 0.742. The van der Waals surface area contributed by atoms with E-state index in [0.29, 0.717) is 0 Å². The van der Waals surface area contributed by atoms with Crippen molar-refractivity contribution in [2.24, 2.45) is 5.92 Å². The monoisotopic (exact) mass is 345 g/mol. The summed E-state index contributed by atoms with van der Waals surface area (Å²) in [6, 6.07) is 9.24. The number of ether oxygens (including phenoxy) is 1. The molecule has 0 aromatic heterocycles. The van der Waals surface area contributed by atoms with Crippen LogP contribution in [0, 0.1) is 5.92 Å². The van der Waals surface area contributed by atoms with Gasteiger partial charge in [-0.25, -0.2) is 0 Å². The third-order valence-electron chi connectivity index (χ3n) is 5.56. The van der Waals surface area contributed by atoms with Crippen molar-refractivity contribution in [2.75, 3.05) is 63.9 Å². The van der Waals surface area contributed by atoms with Crippen LogP contribution in [0.4, 0.5) is 5.69 Å². The van der Waals surface area contributed by atoms with Gasteiger partial charge in [-0.15, -0.1) is 0 Å². The molecule has 140 valence electrons. The fourth-order valence-electron chi connectivity index (χ4n) is 3.80. The molecule has 0 saturated carbocycles. The minimum Gasteiger partial charge on any atom is -0.381 e. The van der Waals surface area contributed by atoms with Gasteiger partial charge in [-0.05, 0) is 30.7 Å². The van der Waals surface area contributed by atoms with Crippen LogP contribution < -0.4 is 4.90 Å².